The number of anilines is 2. The van der Waals surface area contributed by atoms with Crippen LogP contribution in [0.15, 0.2) is 48.9 Å². The van der Waals surface area contributed by atoms with Crippen molar-refractivity contribution < 1.29 is 14.3 Å². The summed E-state index contributed by atoms with van der Waals surface area (Å²) in [6.45, 7) is 1.99. The summed E-state index contributed by atoms with van der Waals surface area (Å²) in [6, 6.07) is 8.47. The number of benzene rings is 1. The van der Waals surface area contributed by atoms with Gasteiger partial charge in [0.05, 0.1) is 36.6 Å². The van der Waals surface area contributed by atoms with Gasteiger partial charge in [-0.1, -0.05) is 12.1 Å². The molecular formula is C25H31N7O3. The highest BCUT2D eigenvalue weighted by molar-refractivity contribution is 5.99. The van der Waals surface area contributed by atoms with Crippen molar-refractivity contribution in [1.29, 1.82) is 0 Å². The van der Waals surface area contributed by atoms with Gasteiger partial charge in [-0.15, -0.1) is 0 Å². The van der Waals surface area contributed by atoms with Crippen molar-refractivity contribution in [3.8, 4) is 11.1 Å². The maximum Gasteiger partial charge on any atom is 0.255 e. The molecule has 2 heterocycles. The molecule has 0 spiro atoms. The highest BCUT2D eigenvalue weighted by Gasteiger charge is 2.30. The van der Waals surface area contributed by atoms with E-state index in [2.05, 4.69) is 20.7 Å². The van der Waals surface area contributed by atoms with Crippen molar-refractivity contribution >= 4 is 23.3 Å². The van der Waals surface area contributed by atoms with E-state index in [1.165, 1.54) is 0 Å². The zero-order valence-corrected chi connectivity index (χ0v) is 19.9. The average molecular weight is 478 g/mol. The number of carbonyl (C=O) groups excluding carboxylic acids is 2. The summed E-state index contributed by atoms with van der Waals surface area (Å²) in [5, 5.41) is 10.0. The standard InChI is InChI=1S/C25H31N7O3/c1-15(26)24(33)30-19-6-3-5-16(9-19)14-35-22-8-4-7-21(22)31-25(34)20-10-17(11-28-23(20)27)18-12-29-32(2)13-18/h3,5-6,9-13,15,21-22H,4,7-8,14,26H2,1-2H3,(H2,27,28)(H,30,33)(H,31,34)/t15-,21-,22-/m0/s1. The second-order valence-corrected chi connectivity index (χ2v) is 8.90. The molecule has 1 aromatic carbocycles. The van der Waals surface area contributed by atoms with Crippen LogP contribution in [0.4, 0.5) is 11.5 Å². The molecule has 0 saturated heterocycles. The molecule has 2 aromatic heterocycles. The van der Waals surface area contributed by atoms with Gasteiger partial charge in [0, 0.05) is 36.3 Å². The smallest absolute Gasteiger partial charge is 0.255 e. The summed E-state index contributed by atoms with van der Waals surface area (Å²) in [5.41, 5.74) is 15.2. The number of nitrogens with one attached hydrogen (secondary N) is 2. The van der Waals surface area contributed by atoms with E-state index in [1.807, 2.05) is 31.4 Å². The third kappa shape index (κ3) is 6.03. The second kappa shape index (κ2) is 10.7. The minimum Gasteiger partial charge on any atom is -0.383 e. The first-order valence-corrected chi connectivity index (χ1v) is 11.6. The van der Waals surface area contributed by atoms with Crippen LogP contribution in [-0.2, 0) is 23.2 Å². The summed E-state index contributed by atoms with van der Waals surface area (Å²) >= 11 is 0. The maximum absolute atomic E-state index is 13.1. The van der Waals surface area contributed by atoms with Crippen molar-refractivity contribution in [2.24, 2.45) is 12.8 Å². The van der Waals surface area contributed by atoms with Crippen molar-refractivity contribution in [2.45, 2.75) is 51.0 Å². The van der Waals surface area contributed by atoms with Crippen LogP contribution in [0.2, 0.25) is 0 Å². The summed E-state index contributed by atoms with van der Waals surface area (Å²) < 4.78 is 7.85. The maximum atomic E-state index is 13.1. The van der Waals surface area contributed by atoms with Gasteiger partial charge in [-0.25, -0.2) is 4.98 Å². The van der Waals surface area contributed by atoms with E-state index in [9.17, 15) is 9.59 Å². The third-order valence-electron chi connectivity index (χ3n) is 6.04. The fraction of sp³-hybridized carbons (Fsp3) is 0.360. The van der Waals surface area contributed by atoms with Crippen molar-refractivity contribution in [1.82, 2.24) is 20.1 Å². The predicted molar refractivity (Wildman–Crippen MR) is 133 cm³/mol. The normalized spacial score (nSPS) is 18.3. The van der Waals surface area contributed by atoms with E-state index in [-0.39, 0.29) is 29.8 Å². The minimum atomic E-state index is -0.591. The van der Waals surface area contributed by atoms with Crippen LogP contribution in [-0.4, -0.2) is 44.8 Å². The molecule has 10 nitrogen and oxygen atoms in total. The van der Waals surface area contributed by atoms with Crippen LogP contribution in [0, 0.1) is 0 Å². The number of amides is 2. The van der Waals surface area contributed by atoms with E-state index in [0.717, 1.165) is 36.0 Å². The van der Waals surface area contributed by atoms with E-state index in [1.54, 1.807) is 36.1 Å². The van der Waals surface area contributed by atoms with Crippen LogP contribution < -0.4 is 22.1 Å². The molecule has 6 N–H and O–H groups in total. The lowest BCUT2D eigenvalue weighted by Gasteiger charge is -2.22. The van der Waals surface area contributed by atoms with Gasteiger partial charge in [0.15, 0.2) is 0 Å². The van der Waals surface area contributed by atoms with Gasteiger partial charge in [-0.2, -0.15) is 5.10 Å². The number of aromatic nitrogens is 3. The molecule has 35 heavy (non-hydrogen) atoms. The first-order chi connectivity index (χ1) is 16.8. The first kappa shape index (κ1) is 24.4. The zero-order chi connectivity index (χ0) is 24.9. The number of nitrogens with zero attached hydrogens (tertiary/aromatic N) is 3. The Balaban J connectivity index is 1.38. The molecule has 0 radical (unpaired) electrons. The van der Waals surface area contributed by atoms with Crippen LogP contribution in [0.3, 0.4) is 0 Å². The Morgan fingerprint density at radius 1 is 1.23 bits per heavy atom. The number of rotatable bonds is 8. The topological polar surface area (TPSA) is 150 Å². The van der Waals surface area contributed by atoms with E-state index in [4.69, 9.17) is 16.2 Å². The molecule has 1 saturated carbocycles. The fourth-order valence-electron chi connectivity index (χ4n) is 4.12. The fourth-order valence-corrected chi connectivity index (χ4v) is 4.12. The second-order valence-electron chi connectivity index (χ2n) is 8.90. The molecule has 3 aromatic rings. The number of nitrogen functional groups attached to an aromatic ring is 1. The zero-order valence-electron chi connectivity index (χ0n) is 19.9. The number of aryl methyl sites for hydroxylation is 1. The average Bonchev–Trinajstić information content (AvgIpc) is 3.46. The molecule has 2 amide bonds. The first-order valence-electron chi connectivity index (χ1n) is 11.6. The van der Waals surface area contributed by atoms with Gasteiger partial charge in [0.25, 0.3) is 5.91 Å². The quantitative estimate of drug-likeness (QED) is 0.388. The monoisotopic (exact) mass is 477 g/mol. The van der Waals surface area contributed by atoms with E-state index in [0.29, 0.717) is 17.9 Å². The number of hydrogen-bond acceptors (Lipinski definition) is 7. The minimum absolute atomic E-state index is 0.128. The van der Waals surface area contributed by atoms with Crippen molar-refractivity contribution in [3.63, 3.8) is 0 Å². The molecule has 0 bridgehead atoms. The van der Waals surface area contributed by atoms with Crippen molar-refractivity contribution in [2.75, 3.05) is 11.1 Å². The van der Waals surface area contributed by atoms with Gasteiger partial charge in [0.1, 0.15) is 5.82 Å². The number of hydrogen-bond donors (Lipinski definition) is 4. The van der Waals surface area contributed by atoms with Gasteiger partial charge >= 0.3 is 0 Å². The highest BCUT2D eigenvalue weighted by atomic mass is 16.5. The highest BCUT2D eigenvalue weighted by Crippen LogP contribution is 2.26. The Bertz CT molecular complexity index is 1210. The molecule has 4 rings (SSSR count). The molecule has 0 unspecified atom stereocenters. The third-order valence-corrected chi connectivity index (χ3v) is 6.04. The Hall–Kier alpha value is -3.76. The number of carbonyl (C=O) groups is 2. The lowest BCUT2D eigenvalue weighted by molar-refractivity contribution is -0.117. The number of ether oxygens (including phenoxy) is 1. The Morgan fingerprint density at radius 3 is 2.80 bits per heavy atom. The van der Waals surface area contributed by atoms with E-state index < -0.39 is 6.04 Å². The molecule has 1 aliphatic carbocycles. The van der Waals surface area contributed by atoms with Crippen molar-refractivity contribution in [3.05, 3.63) is 60.0 Å². The molecule has 1 aliphatic rings. The predicted octanol–water partition coefficient (Wildman–Crippen LogP) is 2.22. The van der Waals surface area contributed by atoms with Gasteiger partial charge in [-0.05, 0) is 49.9 Å². The number of nitrogens with two attached hydrogens (primary N) is 2. The summed E-state index contributed by atoms with van der Waals surface area (Å²) in [4.78, 5) is 29.1. The van der Waals surface area contributed by atoms with E-state index >= 15 is 0 Å². The van der Waals surface area contributed by atoms with Crippen LogP contribution in [0.5, 0.6) is 0 Å². The lowest BCUT2D eigenvalue weighted by Crippen LogP contribution is -2.41. The summed E-state index contributed by atoms with van der Waals surface area (Å²) in [7, 11) is 1.83. The Labute approximate surface area is 204 Å². The van der Waals surface area contributed by atoms with Crippen LogP contribution >= 0.6 is 0 Å². The molecule has 0 aliphatic heterocycles. The Morgan fingerprint density at radius 2 is 2.06 bits per heavy atom. The molecule has 184 valence electrons. The van der Waals surface area contributed by atoms with Gasteiger partial charge in [0.2, 0.25) is 5.91 Å². The molecule has 3 atom stereocenters. The van der Waals surface area contributed by atoms with Gasteiger partial charge < -0.3 is 26.8 Å². The molecule has 10 heteroatoms. The molecule has 1 fully saturated rings. The lowest BCUT2D eigenvalue weighted by atomic mass is 10.1. The largest absolute Gasteiger partial charge is 0.383 e. The summed E-state index contributed by atoms with van der Waals surface area (Å²) in [6.07, 6.45) is 7.68. The van der Waals surface area contributed by atoms with Gasteiger partial charge in [-0.3, -0.25) is 14.3 Å². The number of pyridine rings is 1. The molecular weight excluding hydrogens is 446 g/mol. The Kier molecular flexibility index (Phi) is 7.42. The summed E-state index contributed by atoms with van der Waals surface area (Å²) in [5.74, 6) is -0.346. The van der Waals surface area contributed by atoms with Crippen LogP contribution in [0.1, 0.15) is 42.1 Å². The SMILES string of the molecule is C[C@H](N)C(=O)Nc1cccc(CO[C@H]2CCC[C@@H]2NC(=O)c2cc(-c3cnn(C)c3)cnc2N)c1. The van der Waals surface area contributed by atoms with Crippen LogP contribution in [0.25, 0.3) is 11.1 Å².